The number of anilines is 3. The molecule has 0 spiro atoms. The number of aromatic nitrogens is 5. The molecular formula is C25H22N8O3S. The van der Waals surface area contributed by atoms with Crippen LogP contribution in [0.25, 0.3) is 31.7 Å². The number of pyridine rings is 3. The molecule has 3 N–H and O–H groups in total. The number of nitrogens with zero attached hydrogens (tertiary/aromatic N) is 6. The molecule has 6 heterocycles. The predicted octanol–water partition coefficient (Wildman–Crippen LogP) is 3.96. The van der Waals surface area contributed by atoms with E-state index in [9.17, 15) is 14.7 Å². The minimum atomic E-state index is -1.15. The van der Waals surface area contributed by atoms with Crippen LogP contribution in [0, 0.1) is 6.92 Å². The van der Waals surface area contributed by atoms with E-state index in [0.29, 0.717) is 23.6 Å². The lowest BCUT2D eigenvalue weighted by Gasteiger charge is -2.34. The van der Waals surface area contributed by atoms with Crippen molar-refractivity contribution in [2.24, 2.45) is 0 Å². The summed E-state index contributed by atoms with van der Waals surface area (Å²) < 4.78 is 0. The Morgan fingerprint density at radius 2 is 2.00 bits per heavy atom. The number of urea groups is 1. The van der Waals surface area contributed by atoms with Crippen molar-refractivity contribution in [3.8, 4) is 10.4 Å². The molecule has 0 fully saturated rings. The molecule has 186 valence electrons. The first-order chi connectivity index (χ1) is 17.8. The van der Waals surface area contributed by atoms with Crippen LogP contribution >= 0.6 is 11.3 Å². The van der Waals surface area contributed by atoms with Gasteiger partial charge in [-0.05, 0) is 37.6 Å². The maximum Gasteiger partial charge on any atom is 0.330 e. The van der Waals surface area contributed by atoms with E-state index < -0.39 is 12.0 Å². The van der Waals surface area contributed by atoms with Gasteiger partial charge in [-0.25, -0.2) is 24.6 Å². The van der Waals surface area contributed by atoms with Crippen LogP contribution in [0.3, 0.4) is 0 Å². The number of rotatable bonds is 4. The summed E-state index contributed by atoms with van der Waals surface area (Å²) in [4.78, 5) is 44.0. The average Bonchev–Trinajstić information content (AvgIpc) is 3.52. The molecule has 3 amide bonds. The topological polar surface area (TPSA) is 140 Å². The largest absolute Gasteiger partial charge is 0.384 e. The highest BCUT2D eigenvalue weighted by molar-refractivity contribution is 7.22. The summed E-state index contributed by atoms with van der Waals surface area (Å²) >= 11 is 1.52. The number of aliphatic hydroxyl groups excluding tert-OH is 1. The molecule has 1 aliphatic rings. The number of hydrogen-bond acceptors (Lipinski definition) is 8. The van der Waals surface area contributed by atoms with Gasteiger partial charge in [0.25, 0.3) is 5.91 Å². The number of carbonyl (C=O) groups excluding carboxylic acids is 2. The van der Waals surface area contributed by atoms with Gasteiger partial charge < -0.3 is 15.3 Å². The fourth-order valence-corrected chi connectivity index (χ4v) is 5.33. The van der Waals surface area contributed by atoms with Gasteiger partial charge in [-0.1, -0.05) is 0 Å². The number of aliphatic hydroxyl groups is 1. The highest BCUT2D eigenvalue weighted by atomic mass is 32.1. The van der Waals surface area contributed by atoms with E-state index in [1.807, 2.05) is 19.1 Å². The van der Waals surface area contributed by atoms with Crippen LogP contribution in [-0.4, -0.2) is 60.2 Å². The number of aryl methyl sites for hydroxylation is 1. The average molecular weight is 515 g/mol. The third kappa shape index (κ3) is 3.86. The van der Waals surface area contributed by atoms with Gasteiger partial charge >= 0.3 is 6.03 Å². The molecule has 1 unspecified atom stereocenters. The zero-order chi connectivity index (χ0) is 25.8. The molecule has 5 aromatic rings. The Balaban J connectivity index is 1.47. The van der Waals surface area contributed by atoms with Gasteiger partial charge in [0.15, 0.2) is 5.65 Å². The normalized spacial score (nSPS) is 14.3. The summed E-state index contributed by atoms with van der Waals surface area (Å²) in [5.41, 5.74) is 4.46. The fourth-order valence-electron chi connectivity index (χ4n) is 4.34. The molecule has 0 saturated heterocycles. The van der Waals surface area contributed by atoms with Crippen molar-refractivity contribution in [1.29, 1.82) is 0 Å². The second-order valence-electron chi connectivity index (χ2n) is 8.99. The van der Waals surface area contributed by atoms with E-state index in [1.54, 1.807) is 41.5 Å². The summed E-state index contributed by atoms with van der Waals surface area (Å²) in [7, 11) is 1.73. The van der Waals surface area contributed by atoms with Gasteiger partial charge in [-0.3, -0.25) is 9.89 Å². The molecule has 0 aromatic carbocycles. The number of aromatic amines is 1. The zero-order valence-corrected chi connectivity index (χ0v) is 21.0. The van der Waals surface area contributed by atoms with E-state index >= 15 is 0 Å². The van der Waals surface area contributed by atoms with Crippen molar-refractivity contribution in [3.05, 3.63) is 54.1 Å². The molecule has 37 heavy (non-hydrogen) atoms. The molecule has 1 aliphatic heterocycles. The fraction of sp³-hybridized carbons (Fsp3) is 0.200. The Kier molecular flexibility index (Phi) is 5.35. The molecule has 1 atom stereocenters. The molecular weight excluding hydrogens is 492 g/mol. The van der Waals surface area contributed by atoms with Gasteiger partial charge in [0.2, 0.25) is 0 Å². The minimum Gasteiger partial charge on any atom is -0.384 e. The van der Waals surface area contributed by atoms with Crippen molar-refractivity contribution in [3.63, 3.8) is 0 Å². The quantitative estimate of drug-likeness (QED) is 0.330. The van der Waals surface area contributed by atoms with Crippen LogP contribution in [0.15, 0.2) is 43.0 Å². The summed E-state index contributed by atoms with van der Waals surface area (Å²) in [6, 6.07) is 5.58. The lowest BCUT2D eigenvalue weighted by molar-refractivity contribution is -0.123. The lowest BCUT2D eigenvalue weighted by Crippen LogP contribution is -2.43. The van der Waals surface area contributed by atoms with Crippen LogP contribution in [0.1, 0.15) is 18.1 Å². The smallest absolute Gasteiger partial charge is 0.330 e. The van der Waals surface area contributed by atoms with Crippen molar-refractivity contribution in [1.82, 2.24) is 30.0 Å². The van der Waals surface area contributed by atoms with Gasteiger partial charge in [0, 0.05) is 46.2 Å². The number of hydrogen-bond donors (Lipinski definition) is 3. The molecule has 12 heteroatoms. The minimum absolute atomic E-state index is 0.220. The Bertz CT molecular complexity index is 1710. The molecule has 11 nitrogen and oxygen atoms in total. The van der Waals surface area contributed by atoms with Gasteiger partial charge in [0.1, 0.15) is 16.8 Å². The van der Waals surface area contributed by atoms with E-state index in [1.165, 1.54) is 24.5 Å². The van der Waals surface area contributed by atoms with Gasteiger partial charge in [0.05, 0.1) is 30.3 Å². The van der Waals surface area contributed by atoms with Crippen molar-refractivity contribution < 1.29 is 14.7 Å². The van der Waals surface area contributed by atoms with E-state index in [4.69, 9.17) is 0 Å². The summed E-state index contributed by atoms with van der Waals surface area (Å²) in [6.45, 7) is 3.62. The molecule has 0 aliphatic carbocycles. The van der Waals surface area contributed by atoms with Crippen LogP contribution < -0.4 is 10.2 Å². The van der Waals surface area contributed by atoms with Crippen molar-refractivity contribution in [2.45, 2.75) is 26.5 Å². The lowest BCUT2D eigenvalue weighted by atomic mass is 10.1. The SMILES string of the molecule is Cc1cc(N2C(=O)N(C)Cc3cnc4sc(-c5cnc6[nH]ncc6c5)cc4c32)ncc1NC(=O)C(C)O. The second-order valence-corrected chi connectivity index (χ2v) is 10.0. The maximum absolute atomic E-state index is 13.5. The highest BCUT2D eigenvalue weighted by Gasteiger charge is 2.33. The number of thiophene rings is 1. The molecule has 5 aromatic heterocycles. The standard InChI is InChI=1S/C25H22N8O3S/c1-12-4-20(26-10-18(12)30-23(35)13(2)34)33-21-16(11-32(3)25(33)36)8-28-24-17(21)6-19(37-24)14-5-15-9-29-31-22(15)27-7-14/h4-10,13,34H,11H2,1-3H3,(H,30,35)(H,27,29,31). The zero-order valence-electron chi connectivity index (χ0n) is 20.2. The number of fused-ring (bicyclic) bond motifs is 4. The number of nitrogens with one attached hydrogen (secondary N) is 2. The maximum atomic E-state index is 13.5. The van der Waals surface area contributed by atoms with Gasteiger partial charge in [-0.2, -0.15) is 5.10 Å². The summed E-state index contributed by atoms with van der Waals surface area (Å²) in [5.74, 6) is -0.106. The van der Waals surface area contributed by atoms with Crippen molar-refractivity contribution in [2.75, 3.05) is 17.3 Å². The third-order valence-corrected chi connectivity index (χ3v) is 7.39. The van der Waals surface area contributed by atoms with Crippen LogP contribution in [0.5, 0.6) is 0 Å². The van der Waals surface area contributed by atoms with Crippen molar-refractivity contribution >= 4 is 61.7 Å². The first kappa shape index (κ1) is 23.0. The number of carbonyl (C=O) groups is 2. The van der Waals surface area contributed by atoms with E-state index in [2.05, 4.69) is 30.5 Å². The molecule has 0 bridgehead atoms. The Labute approximate surface area is 214 Å². The second kappa shape index (κ2) is 8.61. The molecule has 6 rings (SSSR count). The summed E-state index contributed by atoms with van der Waals surface area (Å²) in [5, 5.41) is 20.8. The van der Waals surface area contributed by atoms with Crippen LogP contribution in [0.4, 0.5) is 22.0 Å². The number of H-pyrrole nitrogens is 1. The third-order valence-electron chi connectivity index (χ3n) is 6.30. The first-order valence-electron chi connectivity index (χ1n) is 11.5. The summed E-state index contributed by atoms with van der Waals surface area (Å²) in [6.07, 6.45) is 5.67. The highest BCUT2D eigenvalue weighted by Crippen LogP contribution is 2.43. The van der Waals surface area contributed by atoms with Crippen LogP contribution in [0.2, 0.25) is 0 Å². The predicted molar refractivity (Wildman–Crippen MR) is 141 cm³/mol. The Hall–Kier alpha value is -4.42. The Morgan fingerprint density at radius 1 is 1.16 bits per heavy atom. The monoisotopic (exact) mass is 514 g/mol. The number of amides is 3. The molecule has 0 saturated carbocycles. The first-order valence-corrected chi connectivity index (χ1v) is 12.3. The van der Waals surface area contributed by atoms with Crippen LogP contribution in [-0.2, 0) is 11.3 Å². The molecule has 0 radical (unpaired) electrons. The van der Waals surface area contributed by atoms with E-state index in [-0.39, 0.29) is 6.03 Å². The van der Waals surface area contributed by atoms with E-state index in [0.717, 1.165) is 42.9 Å². The Morgan fingerprint density at radius 3 is 2.78 bits per heavy atom. The van der Waals surface area contributed by atoms with Gasteiger partial charge in [-0.15, -0.1) is 11.3 Å².